The van der Waals surface area contributed by atoms with Crippen molar-refractivity contribution in [1.29, 1.82) is 5.26 Å². The van der Waals surface area contributed by atoms with Crippen LogP contribution in [0.4, 0.5) is 11.6 Å². The fourth-order valence-electron chi connectivity index (χ4n) is 2.61. The van der Waals surface area contributed by atoms with Gasteiger partial charge in [-0.25, -0.2) is 0 Å². The van der Waals surface area contributed by atoms with E-state index in [1.807, 2.05) is 6.07 Å². The number of anilines is 2. The summed E-state index contributed by atoms with van der Waals surface area (Å²) in [6.45, 7) is 1.88. The van der Waals surface area contributed by atoms with Gasteiger partial charge >= 0.3 is 0 Å². The molecule has 0 saturated carbocycles. The van der Waals surface area contributed by atoms with E-state index in [9.17, 15) is 10.1 Å². The molecule has 7 heteroatoms. The number of hydrogen-bond acceptors (Lipinski definition) is 4. The van der Waals surface area contributed by atoms with Gasteiger partial charge in [-0.3, -0.25) is 4.79 Å². The van der Waals surface area contributed by atoms with Crippen molar-refractivity contribution in [3.05, 3.63) is 51.2 Å². The lowest BCUT2D eigenvalue weighted by Crippen LogP contribution is -2.17. The topological polar surface area (TPSA) is 69.3 Å². The fraction of sp³-hybridized carbons (Fsp3) is 0.222. The van der Waals surface area contributed by atoms with E-state index in [1.54, 1.807) is 30.3 Å². The molecular weight excluding hydrogens is 406 g/mol. The highest BCUT2D eigenvalue weighted by Crippen LogP contribution is 2.33. The summed E-state index contributed by atoms with van der Waals surface area (Å²) in [6.07, 6.45) is 3.70. The van der Waals surface area contributed by atoms with Gasteiger partial charge in [0.1, 0.15) is 17.4 Å². The van der Waals surface area contributed by atoms with Crippen molar-refractivity contribution in [2.75, 3.05) is 23.3 Å². The van der Waals surface area contributed by atoms with Crippen LogP contribution in [0.1, 0.15) is 18.6 Å². The van der Waals surface area contributed by atoms with Crippen LogP contribution in [-0.2, 0) is 4.79 Å². The first-order valence-corrected chi connectivity index (χ1v) is 8.97. The number of furan rings is 1. The van der Waals surface area contributed by atoms with Gasteiger partial charge in [0.05, 0.1) is 4.47 Å². The summed E-state index contributed by atoms with van der Waals surface area (Å²) in [5, 5.41) is 12.5. The highest BCUT2D eigenvalue weighted by Gasteiger charge is 2.20. The van der Waals surface area contributed by atoms with E-state index in [0.717, 1.165) is 36.3 Å². The predicted molar refractivity (Wildman–Crippen MR) is 102 cm³/mol. The summed E-state index contributed by atoms with van der Waals surface area (Å²) in [5.74, 6) is 0.691. The zero-order valence-corrected chi connectivity index (χ0v) is 15.6. The smallest absolute Gasteiger partial charge is 0.266 e. The Morgan fingerprint density at radius 1 is 1.32 bits per heavy atom. The number of rotatable bonds is 4. The van der Waals surface area contributed by atoms with Gasteiger partial charge in [0, 0.05) is 35.9 Å². The lowest BCUT2D eigenvalue weighted by Gasteiger charge is -2.13. The second kappa shape index (κ2) is 7.77. The molecule has 1 N–H and O–H groups in total. The highest BCUT2D eigenvalue weighted by atomic mass is 79.9. The van der Waals surface area contributed by atoms with Crippen molar-refractivity contribution in [2.24, 2.45) is 0 Å². The zero-order valence-electron chi connectivity index (χ0n) is 13.3. The summed E-state index contributed by atoms with van der Waals surface area (Å²) in [5.41, 5.74) is 0.526. The summed E-state index contributed by atoms with van der Waals surface area (Å²) in [6, 6.07) is 10.4. The first-order valence-electron chi connectivity index (χ1n) is 7.80. The van der Waals surface area contributed by atoms with Crippen LogP contribution in [0.25, 0.3) is 6.08 Å². The Hall–Kier alpha value is -2.23. The number of halogens is 2. The second-order valence-corrected chi connectivity index (χ2v) is 6.92. The van der Waals surface area contributed by atoms with Crippen molar-refractivity contribution >= 4 is 51.1 Å². The number of hydrogen-bond donors (Lipinski definition) is 1. The van der Waals surface area contributed by atoms with E-state index in [4.69, 9.17) is 16.0 Å². The molecule has 2 heterocycles. The van der Waals surface area contributed by atoms with Gasteiger partial charge in [0.25, 0.3) is 5.91 Å². The molecule has 0 unspecified atom stereocenters. The van der Waals surface area contributed by atoms with Gasteiger partial charge in [0.2, 0.25) is 5.88 Å². The van der Waals surface area contributed by atoms with Crippen LogP contribution in [0.3, 0.4) is 0 Å². The molecule has 128 valence electrons. The molecule has 1 fully saturated rings. The van der Waals surface area contributed by atoms with Crippen molar-refractivity contribution in [3.8, 4) is 6.07 Å². The summed E-state index contributed by atoms with van der Waals surface area (Å²) >= 11 is 9.30. The Morgan fingerprint density at radius 3 is 2.64 bits per heavy atom. The third kappa shape index (κ3) is 4.25. The maximum Gasteiger partial charge on any atom is 0.266 e. The molecule has 1 aliphatic heterocycles. The summed E-state index contributed by atoms with van der Waals surface area (Å²) in [4.78, 5) is 14.4. The van der Waals surface area contributed by atoms with Crippen LogP contribution in [0.5, 0.6) is 0 Å². The molecule has 1 aromatic carbocycles. The van der Waals surface area contributed by atoms with Gasteiger partial charge in [-0.2, -0.15) is 5.26 Å². The minimum Gasteiger partial charge on any atom is -0.440 e. The van der Waals surface area contributed by atoms with Crippen molar-refractivity contribution in [2.45, 2.75) is 12.8 Å². The van der Waals surface area contributed by atoms with Crippen LogP contribution in [0.15, 0.2) is 44.8 Å². The van der Waals surface area contributed by atoms with Crippen LogP contribution in [0.2, 0.25) is 5.02 Å². The number of nitrogens with one attached hydrogen (secondary N) is 1. The van der Waals surface area contributed by atoms with Gasteiger partial charge in [-0.05, 0) is 53.0 Å². The number of carbonyl (C=O) groups is 1. The molecule has 1 aromatic heterocycles. The number of nitrogens with zero attached hydrogens (tertiary/aromatic N) is 2. The van der Waals surface area contributed by atoms with Gasteiger partial charge in [-0.1, -0.05) is 11.6 Å². The minimum atomic E-state index is -0.500. The molecule has 1 aliphatic rings. The Balaban J connectivity index is 1.78. The van der Waals surface area contributed by atoms with Crippen LogP contribution >= 0.6 is 27.5 Å². The number of benzene rings is 1. The van der Waals surface area contributed by atoms with Crippen LogP contribution < -0.4 is 10.2 Å². The van der Waals surface area contributed by atoms with Gasteiger partial charge in [0.15, 0.2) is 0 Å². The maximum atomic E-state index is 12.3. The highest BCUT2D eigenvalue weighted by molar-refractivity contribution is 9.10. The quantitative estimate of drug-likeness (QED) is 0.567. The normalized spacial score (nSPS) is 14.4. The molecule has 2 aromatic rings. The molecule has 0 spiro atoms. The fourth-order valence-corrected chi connectivity index (χ4v) is 3.29. The number of nitriles is 1. The molecule has 1 saturated heterocycles. The second-order valence-electron chi connectivity index (χ2n) is 5.63. The zero-order chi connectivity index (χ0) is 17.8. The Kier molecular flexibility index (Phi) is 5.47. The summed E-state index contributed by atoms with van der Waals surface area (Å²) in [7, 11) is 0. The third-order valence-corrected chi connectivity index (χ3v) is 4.65. The average Bonchev–Trinajstić information content (AvgIpc) is 3.24. The summed E-state index contributed by atoms with van der Waals surface area (Å²) < 4.78 is 6.62. The Morgan fingerprint density at radius 2 is 2.00 bits per heavy atom. The maximum absolute atomic E-state index is 12.3. The van der Waals surface area contributed by atoms with E-state index in [0.29, 0.717) is 16.5 Å². The lowest BCUT2D eigenvalue weighted by molar-refractivity contribution is -0.112. The van der Waals surface area contributed by atoms with Crippen LogP contribution in [0, 0.1) is 11.3 Å². The predicted octanol–water partition coefficient (Wildman–Crippen LogP) is 4.84. The SMILES string of the molecule is N#C/C(=C/c1cc(Br)c(N2CCCC2)o1)C(=O)Nc1ccc(Cl)cc1. The monoisotopic (exact) mass is 419 g/mol. The molecule has 0 aliphatic carbocycles. The standard InChI is InChI=1S/C18H15BrClN3O2/c19-16-10-15(25-18(16)23-7-1-2-8-23)9-12(11-21)17(24)22-14-5-3-13(20)4-6-14/h3-6,9-10H,1-2,7-8H2,(H,22,24)/b12-9-. The Bertz CT molecular complexity index is 846. The molecule has 25 heavy (non-hydrogen) atoms. The van der Waals surface area contributed by atoms with Gasteiger partial charge < -0.3 is 14.6 Å². The van der Waals surface area contributed by atoms with E-state index >= 15 is 0 Å². The molecule has 5 nitrogen and oxygen atoms in total. The molecule has 3 rings (SSSR count). The molecule has 0 atom stereocenters. The van der Waals surface area contributed by atoms with E-state index in [2.05, 4.69) is 26.1 Å². The largest absolute Gasteiger partial charge is 0.440 e. The third-order valence-electron chi connectivity index (χ3n) is 3.83. The van der Waals surface area contributed by atoms with E-state index in [1.165, 1.54) is 6.08 Å². The number of amides is 1. The average molecular weight is 421 g/mol. The van der Waals surface area contributed by atoms with E-state index < -0.39 is 5.91 Å². The lowest BCUT2D eigenvalue weighted by atomic mass is 10.2. The first kappa shape index (κ1) is 17.6. The van der Waals surface area contributed by atoms with Crippen molar-refractivity contribution < 1.29 is 9.21 Å². The molecule has 0 radical (unpaired) electrons. The molecule has 1 amide bonds. The minimum absolute atomic E-state index is 0.0378. The van der Waals surface area contributed by atoms with Crippen molar-refractivity contribution in [1.82, 2.24) is 0 Å². The number of carbonyl (C=O) groups excluding carboxylic acids is 1. The molecule has 0 bridgehead atoms. The van der Waals surface area contributed by atoms with Gasteiger partial charge in [-0.15, -0.1) is 0 Å². The Labute approximate surface area is 159 Å². The van der Waals surface area contributed by atoms with E-state index in [-0.39, 0.29) is 5.57 Å². The first-order chi connectivity index (χ1) is 12.1. The molecular formula is C18H15BrClN3O2. The van der Waals surface area contributed by atoms with Crippen molar-refractivity contribution in [3.63, 3.8) is 0 Å². The van der Waals surface area contributed by atoms with Crippen LogP contribution in [-0.4, -0.2) is 19.0 Å².